The van der Waals surface area contributed by atoms with Gasteiger partial charge in [-0.05, 0) is 44.9 Å². The monoisotopic (exact) mass is 334 g/mol. The molecule has 0 spiro atoms. The third kappa shape index (κ3) is 2.81. The SMILES string of the molecule is Cc1c(C(=O)N2C[C@H](C(N)=O)CC[C@H]2C)oc2ccc(Cl)cc12. The molecule has 2 aromatic rings. The van der Waals surface area contributed by atoms with Gasteiger partial charge >= 0.3 is 0 Å². The molecule has 0 radical (unpaired) electrons. The first-order valence-corrected chi connectivity index (χ1v) is 8.05. The fraction of sp³-hybridized carbons (Fsp3) is 0.412. The summed E-state index contributed by atoms with van der Waals surface area (Å²) in [7, 11) is 0. The number of aryl methyl sites for hydroxylation is 1. The van der Waals surface area contributed by atoms with Crippen LogP contribution in [0.5, 0.6) is 0 Å². The lowest BCUT2D eigenvalue weighted by Crippen LogP contribution is -2.48. The second kappa shape index (κ2) is 5.89. The molecule has 1 saturated heterocycles. The highest BCUT2D eigenvalue weighted by molar-refractivity contribution is 6.31. The molecule has 1 fully saturated rings. The number of fused-ring (bicyclic) bond motifs is 1. The van der Waals surface area contributed by atoms with Gasteiger partial charge in [-0.2, -0.15) is 0 Å². The number of carbonyl (C=O) groups is 2. The largest absolute Gasteiger partial charge is 0.451 e. The van der Waals surface area contributed by atoms with Crippen LogP contribution < -0.4 is 5.73 Å². The van der Waals surface area contributed by atoms with Crippen LogP contribution in [0.4, 0.5) is 0 Å². The third-order valence-electron chi connectivity index (χ3n) is 4.64. The van der Waals surface area contributed by atoms with Crippen LogP contribution in [0.25, 0.3) is 11.0 Å². The van der Waals surface area contributed by atoms with Crippen LogP contribution in [-0.4, -0.2) is 29.3 Å². The summed E-state index contributed by atoms with van der Waals surface area (Å²) in [6, 6.07) is 5.33. The van der Waals surface area contributed by atoms with Crippen molar-refractivity contribution in [3.8, 4) is 0 Å². The molecule has 3 rings (SSSR count). The maximum Gasteiger partial charge on any atom is 0.290 e. The number of primary amides is 1. The molecule has 6 heteroatoms. The molecule has 0 saturated carbocycles. The molecule has 2 atom stereocenters. The Hall–Kier alpha value is -2.01. The van der Waals surface area contributed by atoms with E-state index in [-0.39, 0.29) is 23.8 Å². The normalized spacial score (nSPS) is 21.6. The van der Waals surface area contributed by atoms with Crippen LogP contribution >= 0.6 is 11.6 Å². The fourth-order valence-electron chi connectivity index (χ4n) is 3.15. The molecule has 1 aliphatic heterocycles. The van der Waals surface area contributed by atoms with E-state index < -0.39 is 0 Å². The van der Waals surface area contributed by atoms with E-state index in [9.17, 15) is 9.59 Å². The zero-order valence-corrected chi connectivity index (χ0v) is 13.9. The molecule has 5 nitrogen and oxygen atoms in total. The van der Waals surface area contributed by atoms with Gasteiger partial charge in [0.15, 0.2) is 5.76 Å². The maximum atomic E-state index is 12.9. The van der Waals surface area contributed by atoms with E-state index in [1.54, 1.807) is 23.1 Å². The molecule has 0 bridgehead atoms. The number of likely N-dealkylation sites (tertiary alicyclic amines) is 1. The Balaban J connectivity index is 1.96. The third-order valence-corrected chi connectivity index (χ3v) is 4.87. The molecule has 1 aliphatic rings. The van der Waals surface area contributed by atoms with Gasteiger partial charge in [0, 0.05) is 28.6 Å². The number of benzene rings is 1. The Labute approximate surface area is 139 Å². The topological polar surface area (TPSA) is 76.5 Å². The number of piperidine rings is 1. The molecule has 1 aromatic carbocycles. The van der Waals surface area contributed by atoms with Crippen LogP contribution in [0.15, 0.2) is 22.6 Å². The number of carbonyl (C=O) groups excluding carboxylic acids is 2. The molecule has 122 valence electrons. The maximum absolute atomic E-state index is 12.9. The van der Waals surface area contributed by atoms with Gasteiger partial charge in [0.1, 0.15) is 5.58 Å². The van der Waals surface area contributed by atoms with Crippen molar-refractivity contribution < 1.29 is 14.0 Å². The van der Waals surface area contributed by atoms with E-state index in [0.29, 0.717) is 22.9 Å². The lowest BCUT2D eigenvalue weighted by Gasteiger charge is -2.36. The van der Waals surface area contributed by atoms with Crippen molar-refractivity contribution in [1.29, 1.82) is 0 Å². The van der Waals surface area contributed by atoms with Crippen LogP contribution in [0.1, 0.15) is 35.9 Å². The van der Waals surface area contributed by atoms with Gasteiger partial charge in [-0.15, -0.1) is 0 Å². The summed E-state index contributed by atoms with van der Waals surface area (Å²) < 4.78 is 5.75. The summed E-state index contributed by atoms with van der Waals surface area (Å²) >= 11 is 6.02. The summed E-state index contributed by atoms with van der Waals surface area (Å²) in [5, 5.41) is 1.43. The standard InChI is InChI=1S/C17H19ClN2O3/c1-9-3-4-11(16(19)21)8-20(9)17(22)15-10(2)13-7-12(18)5-6-14(13)23-15/h5-7,9,11H,3-4,8H2,1-2H3,(H2,19,21)/t9-,11-/m1/s1. The van der Waals surface area contributed by atoms with Crippen LogP contribution in [0.3, 0.4) is 0 Å². The average molecular weight is 335 g/mol. The number of nitrogens with zero attached hydrogens (tertiary/aromatic N) is 1. The first-order valence-electron chi connectivity index (χ1n) is 7.67. The van der Waals surface area contributed by atoms with E-state index >= 15 is 0 Å². The highest BCUT2D eigenvalue weighted by atomic mass is 35.5. The Morgan fingerprint density at radius 1 is 1.35 bits per heavy atom. The van der Waals surface area contributed by atoms with E-state index in [0.717, 1.165) is 23.8 Å². The zero-order valence-electron chi connectivity index (χ0n) is 13.1. The Morgan fingerprint density at radius 3 is 2.78 bits per heavy atom. The summed E-state index contributed by atoms with van der Waals surface area (Å²) in [4.78, 5) is 26.0. The van der Waals surface area contributed by atoms with Crippen molar-refractivity contribution >= 4 is 34.4 Å². The highest BCUT2D eigenvalue weighted by Gasteiger charge is 2.34. The van der Waals surface area contributed by atoms with Gasteiger partial charge in [-0.25, -0.2) is 0 Å². The zero-order chi connectivity index (χ0) is 16.7. The van der Waals surface area contributed by atoms with Crippen molar-refractivity contribution in [3.63, 3.8) is 0 Å². The molecule has 0 aliphatic carbocycles. The summed E-state index contributed by atoms with van der Waals surface area (Å²) in [5.74, 6) is -0.551. The molecule has 2 amide bonds. The molecule has 2 N–H and O–H groups in total. The van der Waals surface area contributed by atoms with Gasteiger partial charge in [0.05, 0.1) is 5.92 Å². The minimum atomic E-state index is -0.359. The van der Waals surface area contributed by atoms with E-state index in [1.165, 1.54) is 0 Å². The van der Waals surface area contributed by atoms with Crippen LogP contribution in [0, 0.1) is 12.8 Å². The molecular formula is C17H19ClN2O3. The predicted molar refractivity (Wildman–Crippen MR) is 88.4 cm³/mol. The molecular weight excluding hydrogens is 316 g/mol. The number of hydrogen-bond donors (Lipinski definition) is 1. The summed E-state index contributed by atoms with van der Waals surface area (Å²) in [6.07, 6.45) is 1.47. The summed E-state index contributed by atoms with van der Waals surface area (Å²) in [6.45, 7) is 4.16. The number of nitrogens with two attached hydrogens (primary N) is 1. The Bertz CT molecular complexity index is 783. The van der Waals surface area contributed by atoms with Gasteiger partial charge in [0.2, 0.25) is 5.91 Å². The van der Waals surface area contributed by atoms with Gasteiger partial charge in [-0.3, -0.25) is 9.59 Å². The fourth-order valence-corrected chi connectivity index (χ4v) is 3.32. The van der Waals surface area contributed by atoms with Gasteiger partial charge < -0.3 is 15.1 Å². The van der Waals surface area contributed by atoms with E-state index in [1.807, 2.05) is 13.8 Å². The van der Waals surface area contributed by atoms with E-state index in [4.69, 9.17) is 21.8 Å². The second-order valence-electron chi connectivity index (χ2n) is 6.18. The Morgan fingerprint density at radius 2 is 2.09 bits per heavy atom. The quantitative estimate of drug-likeness (QED) is 0.916. The first-order chi connectivity index (χ1) is 10.9. The number of rotatable bonds is 2. The van der Waals surface area contributed by atoms with Crippen molar-refractivity contribution in [3.05, 3.63) is 34.5 Å². The Kier molecular flexibility index (Phi) is 4.06. The first kappa shape index (κ1) is 15.9. The van der Waals surface area contributed by atoms with Crippen LogP contribution in [-0.2, 0) is 4.79 Å². The lowest BCUT2D eigenvalue weighted by molar-refractivity contribution is -0.123. The van der Waals surface area contributed by atoms with Gasteiger partial charge in [-0.1, -0.05) is 11.6 Å². The van der Waals surface area contributed by atoms with E-state index in [2.05, 4.69) is 0 Å². The number of hydrogen-bond acceptors (Lipinski definition) is 3. The lowest BCUT2D eigenvalue weighted by atomic mass is 9.92. The molecule has 23 heavy (non-hydrogen) atoms. The minimum absolute atomic E-state index is 0.0503. The van der Waals surface area contributed by atoms with Crippen LogP contribution in [0.2, 0.25) is 5.02 Å². The van der Waals surface area contributed by atoms with Gasteiger partial charge in [0.25, 0.3) is 5.91 Å². The number of amides is 2. The predicted octanol–water partition coefficient (Wildman–Crippen LogP) is 3.12. The number of furan rings is 1. The molecule has 1 aromatic heterocycles. The smallest absolute Gasteiger partial charge is 0.290 e. The van der Waals surface area contributed by atoms with Crippen molar-refractivity contribution in [2.45, 2.75) is 32.7 Å². The number of halogens is 1. The van der Waals surface area contributed by atoms with Crippen molar-refractivity contribution in [2.24, 2.45) is 11.7 Å². The molecule has 0 unspecified atom stereocenters. The average Bonchev–Trinajstić information content (AvgIpc) is 2.83. The second-order valence-corrected chi connectivity index (χ2v) is 6.62. The highest BCUT2D eigenvalue weighted by Crippen LogP contribution is 2.31. The molecule has 2 heterocycles. The summed E-state index contributed by atoms with van der Waals surface area (Å²) in [5.41, 5.74) is 6.80. The van der Waals surface area contributed by atoms with Crippen molar-refractivity contribution in [2.75, 3.05) is 6.54 Å². The van der Waals surface area contributed by atoms with Crippen molar-refractivity contribution in [1.82, 2.24) is 4.90 Å². The minimum Gasteiger partial charge on any atom is -0.451 e.